The molecule has 0 radical (unpaired) electrons. The first-order chi connectivity index (χ1) is 12.7. The molecule has 2 aliphatic rings. The Morgan fingerprint density at radius 2 is 1.56 bits per heavy atom. The number of hydrogen-bond donors (Lipinski definition) is 0. The maximum Gasteiger partial charge on any atom is 0.231 e. The van der Waals surface area contributed by atoms with E-state index in [1.54, 1.807) is 44.2 Å². The number of carbonyl (C=O) groups excluding carboxylic acids is 1. The van der Waals surface area contributed by atoms with Gasteiger partial charge >= 0.3 is 0 Å². The highest BCUT2D eigenvalue weighted by Crippen LogP contribution is 2.43. The molecule has 0 amide bonds. The van der Waals surface area contributed by atoms with E-state index in [0.717, 1.165) is 6.26 Å². The number of carbonyl (C=O) groups is 1. The number of ketones is 1. The predicted octanol–water partition coefficient (Wildman–Crippen LogP) is 3.07. The zero-order valence-electron chi connectivity index (χ0n) is 15.1. The van der Waals surface area contributed by atoms with Gasteiger partial charge in [-0.2, -0.15) is 0 Å². The van der Waals surface area contributed by atoms with Crippen molar-refractivity contribution in [2.45, 2.75) is 24.3 Å². The van der Waals surface area contributed by atoms with E-state index in [9.17, 15) is 13.2 Å². The third-order valence-corrected chi connectivity index (χ3v) is 5.69. The van der Waals surface area contributed by atoms with Crippen molar-refractivity contribution in [3.8, 4) is 11.5 Å². The average molecular weight is 386 g/mol. The van der Waals surface area contributed by atoms with E-state index < -0.39 is 15.4 Å². The summed E-state index contributed by atoms with van der Waals surface area (Å²) in [7, 11) is -3.30. The molecule has 0 saturated heterocycles. The lowest BCUT2D eigenvalue weighted by molar-refractivity contribution is -0.125. The van der Waals surface area contributed by atoms with Crippen LogP contribution in [0.25, 0.3) is 11.3 Å². The number of ether oxygens (including phenoxy) is 3. The summed E-state index contributed by atoms with van der Waals surface area (Å²) in [6, 6.07) is 11.6. The van der Waals surface area contributed by atoms with Crippen molar-refractivity contribution in [3.63, 3.8) is 0 Å². The first kappa shape index (κ1) is 17.6. The van der Waals surface area contributed by atoms with Crippen LogP contribution < -0.4 is 9.47 Å². The second-order valence-electron chi connectivity index (χ2n) is 7.01. The molecule has 0 unspecified atom stereocenters. The number of sulfone groups is 1. The second kappa shape index (κ2) is 5.85. The molecule has 6 nitrogen and oxygen atoms in total. The minimum Gasteiger partial charge on any atom is -0.478 e. The van der Waals surface area contributed by atoms with Crippen LogP contribution in [0.3, 0.4) is 0 Å². The van der Waals surface area contributed by atoms with Crippen molar-refractivity contribution in [1.82, 2.24) is 0 Å². The van der Waals surface area contributed by atoms with E-state index in [2.05, 4.69) is 0 Å². The van der Waals surface area contributed by atoms with Crippen LogP contribution in [0.2, 0.25) is 0 Å². The molecule has 2 aromatic rings. The van der Waals surface area contributed by atoms with E-state index in [1.807, 2.05) is 0 Å². The van der Waals surface area contributed by atoms with Crippen LogP contribution >= 0.6 is 0 Å². The summed E-state index contributed by atoms with van der Waals surface area (Å²) in [4.78, 5) is 13.2. The maximum absolute atomic E-state index is 13.0. The minimum atomic E-state index is -3.30. The third kappa shape index (κ3) is 2.98. The van der Waals surface area contributed by atoms with Gasteiger partial charge in [-0.1, -0.05) is 6.07 Å². The zero-order valence-corrected chi connectivity index (χ0v) is 15.9. The average Bonchev–Trinajstić information content (AvgIpc) is 3.16. The lowest BCUT2D eigenvalue weighted by Gasteiger charge is -2.17. The molecule has 0 saturated carbocycles. The van der Waals surface area contributed by atoms with Gasteiger partial charge in [-0.05, 0) is 55.8 Å². The van der Waals surface area contributed by atoms with Crippen molar-refractivity contribution in [3.05, 3.63) is 53.6 Å². The molecule has 0 aliphatic carbocycles. The summed E-state index contributed by atoms with van der Waals surface area (Å²) in [5.74, 6) is 1.47. The molecule has 0 atom stereocenters. The van der Waals surface area contributed by atoms with Crippen LogP contribution in [-0.2, 0) is 19.4 Å². The minimum absolute atomic E-state index is 0.146. The standard InChI is InChI=1S/C20H18O6S/c1-20(2)19(21)17(13-6-9-15-16(10-13)25-11-24-15)18(26-20)12-4-7-14(8-5-12)27(3,22)23/h4-10H,11H2,1-3H3. The van der Waals surface area contributed by atoms with Crippen molar-refractivity contribution >= 4 is 27.0 Å². The topological polar surface area (TPSA) is 78.9 Å². The van der Waals surface area contributed by atoms with Gasteiger partial charge < -0.3 is 14.2 Å². The Labute approximate surface area is 157 Å². The van der Waals surface area contributed by atoms with Crippen molar-refractivity contribution in [1.29, 1.82) is 0 Å². The van der Waals surface area contributed by atoms with Crippen LogP contribution in [0.15, 0.2) is 47.4 Å². The van der Waals surface area contributed by atoms with Gasteiger partial charge in [-0.15, -0.1) is 0 Å². The third-order valence-electron chi connectivity index (χ3n) is 4.56. The van der Waals surface area contributed by atoms with Gasteiger partial charge in [-0.25, -0.2) is 8.42 Å². The number of Topliss-reactive ketones (excluding diaryl/α,β-unsaturated/α-hetero) is 1. The Hall–Kier alpha value is -2.80. The summed E-state index contributed by atoms with van der Waals surface area (Å²) in [6.07, 6.45) is 1.15. The predicted molar refractivity (Wildman–Crippen MR) is 99.1 cm³/mol. The van der Waals surface area contributed by atoms with Crippen LogP contribution in [0.4, 0.5) is 0 Å². The van der Waals surface area contributed by atoms with E-state index in [-0.39, 0.29) is 17.5 Å². The fourth-order valence-corrected chi connectivity index (χ4v) is 3.76. The largest absolute Gasteiger partial charge is 0.478 e. The second-order valence-corrected chi connectivity index (χ2v) is 9.03. The van der Waals surface area contributed by atoms with Gasteiger partial charge in [0.1, 0.15) is 5.76 Å². The monoisotopic (exact) mass is 386 g/mol. The Balaban J connectivity index is 1.85. The fourth-order valence-electron chi connectivity index (χ4n) is 3.13. The summed E-state index contributed by atoms with van der Waals surface area (Å²) in [5, 5.41) is 0. The van der Waals surface area contributed by atoms with Gasteiger partial charge in [0.25, 0.3) is 0 Å². The van der Waals surface area contributed by atoms with E-state index in [0.29, 0.717) is 34.0 Å². The summed E-state index contributed by atoms with van der Waals surface area (Å²) in [6.45, 7) is 3.56. The highest BCUT2D eigenvalue weighted by atomic mass is 32.2. The molecule has 2 heterocycles. The van der Waals surface area contributed by atoms with E-state index >= 15 is 0 Å². The first-order valence-electron chi connectivity index (χ1n) is 8.35. The zero-order chi connectivity index (χ0) is 19.4. The number of hydrogen-bond acceptors (Lipinski definition) is 6. The van der Waals surface area contributed by atoms with Gasteiger partial charge in [-0.3, -0.25) is 4.79 Å². The molecule has 0 aromatic heterocycles. The quantitative estimate of drug-likeness (QED) is 0.807. The maximum atomic E-state index is 13.0. The number of benzene rings is 2. The van der Waals surface area contributed by atoms with Crippen LogP contribution in [0.1, 0.15) is 25.0 Å². The molecule has 0 bridgehead atoms. The van der Waals surface area contributed by atoms with E-state index in [4.69, 9.17) is 14.2 Å². The van der Waals surface area contributed by atoms with Crippen LogP contribution in [-0.4, -0.2) is 32.9 Å². The Morgan fingerprint density at radius 3 is 2.22 bits per heavy atom. The van der Waals surface area contributed by atoms with Gasteiger partial charge in [0.05, 0.1) is 10.5 Å². The highest BCUT2D eigenvalue weighted by molar-refractivity contribution is 7.90. The summed E-state index contributed by atoms with van der Waals surface area (Å²) < 4.78 is 40.1. The normalized spacial score (nSPS) is 18.0. The molecule has 2 aliphatic heterocycles. The molecule has 0 fully saturated rings. The van der Waals surface area contributed by atoms with Crippen molar-refractivity contribution in [2.75, 3.05) is 13.0 Å². The fraction of sp³-hybridized carbons (Fsp3) is 0.250. The van der Waals surface area contributed by atoms with Gasteiger partial charge in [0.15, 0.2) is 26.9 Å². The van der Waals surface area contributed by atoms with E-state index in [1.165, 1.54) is 12.1 Å². The molecule has 7 heteroatoms. The Morgan fingerprint density at radius 1 is 0.926 bits per heavy atom. The Kier molecular flexibility index (Phi) is 3.82. The molecule has 2 aromatic carbocycles. The first-order valence-corrected chi connectivity index (χ1v) is 10.2. The SMILES string of the molecule is CC1(C)OC(c2ccc(S(C)(=O)=O)cc2)=C(c2ccc3c(c2)OCO3)C1=O. The van der Waals surface area contributed by atoms with Crippen molar-refractivity contribution < 1.29 is 27.4 Å². The van der Waals surface area contributed by atoms with Crippen LogP contribution in [0.5, 0.6) is 11.5 Å². The molecular formula is C20H18O6S. The number of fused-ring (bicyclic) bond motifs is 1. The van der Waals surface area contributed by atoms with Crippen LogP contribution in [0, 0.1) is 0 Å². The summed E-state index contributed by atoms with van der Waals surface area (Å²) in [5.41, 5.74) is 0.715. The molecule has 0 spiro atoms. The van der Waals surface area contributed by atoms with Gasteiger partial charge in [0.2, 0.25) is 12.6 Å². The van der Waals surface area contributed by atoms with Crippen molar-refractivity contribution in [2.24, 2.45) is 0 Å². The lowest BCUT2D eigenvalue weighted by atomic mass is 9.92. The lowest BCUT2D eigenvalue weighted by Crippen LogP contribution is -2.29. The molecule has 0 N–H and O–H groups in total. The molecule has 140 valence electrons. The molecular weight excluding hydrogens is 368 g/mol. The van der Waals surface area contributed by atoms with Gasteiger partial charge in [0, 0.05) is 11.8 Å². The highest BCUT2D eigenvalue weighted by Gasteiger charge is 2.43. The molecule has 4 rings (SSSR count). The number of rotatable bonds is 3. The smallest absolute Gasteiger partial charge is 0.231 e. The molecule has 27 heavy (non-hydrogen) atoms. The Bertz CT molecular complexity index is 1080. The summed E-state index contributed by atoms with van der Waals surface area (Å²) >= 11 is 0.